The normalized spacial score (nSPS) is 19.0. The largest absolute Gasteiger partial charge is 0.480 e. The van der Waals surface area contributed by atoms with Crippen LogP contribution in [0.25, 0.3) is 0 Å². The minimum Gasteiger partial charge on any atom is -0.480 e. The molecule has 1 aliphatic rings. The Hall–Kier alpha value is -3.20. The number of carboxylic acids is 1. The Morgan fingerprint density at radius 2 is 2.09 bits per heavy atom. The number of hydrogen-bond acceptors (Lipinski definition) is 5. The molecular formula is C23H30N4O5. The number of aromatic amines is 1. The molecule has 0 saturated carbocycles. The molecule has 3 atom stereocenters. The van der Waals surface area contributed by atoms with Crippen molar-refractivity contribution in [3.05, 3.63) is 54.1 Å². The quantitative estimate of drug-likeness (QED) is 0.483. The van der Waals surface area contributed by atoms with Gasteiger partial charge in [-0.1, -0.05) is 43.7 Å². The summed E-state index contributed by atoms with van der Waals surface area (Å²) in [5.74, 6) is -1.32. The number of amides is 2. The number of nitrogens with zero attached hydrogens (tertiary/aromatic N) is 2. The number of nitrogens with one attached hydrogen (secondary N) is 2. The van der Waals surface area contributed by atoms with Crippen LogP contribution in [-0.4, -0.2) is 69.6 Å². The third-order valence-corrected chi connectivity index (χ3v) is 5.86. The van der Waals surface area contributed by atoms with E-state index in [-0.39, 0.29) is 30.9 Å². The van der Waals surface area contributed by atoms with Crippen LogP contribution in [-0.2, 0) is 32.0 Å². The second kappa shape index (κ2) is 11.4. The highest BCUT2D eigenvalue weighted by Crippen LogP contribution is 2.28. The maximum absolute atomic E-state index is 12.9. The molecule has 2 heterocycles. The molecule has 0 spiro atoms. The number of H-pyrrole nitrogens is 1. The highest BCUT2D eigenvalue weighted by atomic mass is 16.5. The zero-order valence-electron chi connectivity index (χ0n) is 18.2. The lowest BCUT2D eigenvalue weighted by atomic mass is 9.98. The molecule has 3 N–H and O–H groups in total. The van der Waals surface area contributed by atoms with E-state index in [1.54, 1.807) is 12.5 Å². The molecule has 9 nitrogen and oxygen atoms in total. The van der Waals surface area contributed by atoms with Crippen LogP contribution in [0.5, 0.6) is 0 Å². The number of carbonyl (C=O) groups excluding carboxylic acids is 2. The predicted molar refractivity (Wildman–Crippen MR) is 117 cm³/mol. The average molecular weight is 443 g/mol. The van der Waals surface area contributed by atoms with Crippen LogP contribution in [0.1, 0.15) is 31.0 Å². The maximum atomic E-state index is 12.9. The van der Waals surface area contributed by atoms with E-state index in [0.717, 1.165) is 24.1 Å². The van der Waals surface area contributed by atoms with E-state index < -0.39 is 24.5 Å². The van der Waals surface area contributed by atoms with E-state index in [1.165, 1.54) is 0 Å². The molecule has 0 bridgehead atoms. The zero-order chi connectivity index (χ0) is 22.9. The molecule has 32 heavy (non-hydrogen) atoms. The van der Waals surface area contributed by atoms with Crippen molar-refractivity contribution in [2.24, 2.45) is 5.92 Å². The smallest absolute Gasteiger partial charge is 0.322 e. The molecule has 1 saturated heterocycles. The van der Waals surface area contributed by atoms with Crippen LogP contribution in [0.4, 0.5) is 0 Å². The molecule has 1 unspecified atom stereocenters. The van der Waals surface area contributed by atoms with E-state index in [1.807, 2.05) is 35.2 Å². The molecule has 0 radical (unpaired) electrons. The average Bonchev–Trinajstić information content (AvgIpc) is 3.45. The highest BCUT2D eigenvalue weighted by Gasteiger charge is 2.37. The summed E-state index contributed by atoms with van der Waals surface area (Å²) in [5, 5.41) is 11.3. The van der Waals surface area contributed by atoms with Crippen molar-refractivity contribution in [2.45, 2.75) is 44.8 Å². The van der Waals surface area contributed by atoms with Gasteiger partial charge in [-0.15, -0.1) is 0 Å². The van der Waals surface area contributed by atoms with E-state index >= 15 is 0 Å². The van der Waals surface area contributed by atoms with Crippen molar-refractivity contribution < 1.29 is 24.2 Å². The molecule has 1 aromatic carbocycles. The van der Waals surface area contributed by atoms with Crippen LogP contribution < -0.4 is 5.32 Å². The van der Waals surface area contributed by atoms with Crippen LogP contribution in [0.3, 0.4) is 0 Å². The molecule has 1 aliphatic heterocycles. The number of aromatic nitrogens is 2. The number of ether oxygens (including phenoxy) is 1. The number of imidazole rings is 1. The first-order valence-electron chi connectivity index (χ1n) is 10.9. The van der Waals surface area contributed by atoms with Gasteiger partial charge in [0.2, 0.25) is 11.8 Å². The summed E-state index contributed by atoms with van der Waals surface area (Å²) in [4.78, 5) is 45.2. The van der Waals surface area contributed by atoms with Gasteiger partial charge in [0.15, 0.2) is 0 Å². The van der Waals surface area contributed by atoms with E-state index in [0.29, 0.717) is 13.0 Å². The number of aliphatic carboxylic acids is 1. The first-order chi connectivity index (χ1) is 15.5. The number of likely N-dealkylation sites (tertiary alicyclic amines) is 1. The standard InChI is InChI=1S/C23H30N4O5/c1-2-17-8-9-27(21(28)11-18-12-24-15-26-18)19(17)14-32-20(23(31)25-13-22(29)30)10-16-6-4-3-5-7-16/h3-7,12,15,17,19-20H,2,8-11,13-14H2,1H3,(H,24,26)(H,25,31)(H,29,30)/t17?,19-,20+/m1/s1. The van der Waals surface area contributed by atoms with Crippen LogP contribution in [0.15, 0.2) is 42.9 Å². The molecule has 1 aromatic heterocycles. The molecule has 3 rings (SSSR count). The SMILES string of the molecule is CCC1CCN(C(=O)Cc2cnc[nH]2)[C@@H]1CO[C@@H](Cc1ccccc1)C(=O)NCC(=O)O. The third kappa shape index (κ3) is 6.40. The maximum Gasteiger partial charge on any atom is 0.322 e. The Morgan fingerprint density at radius 3 is 2.75 bits per heavy atom. The second-order valence-electron chi connectivity index (χ2n) is 7.99. The van der Waals surface area contributed by atoms with Gasteiger partial charge in [-0.25, -0.2) is 4.98 Å². The van der Waals surface area contributed by atoms with Crippen LogP contribution in [0.2, 0.25) is 0 Å². The van der Waals surface area contributed by atoms with Gasteiger partial charge >= 0.3 is 5.97 Å². The molecule has 9 heteroatoms. The fraction of sp³-hybridized carbons (Fsp3) is 0.478. The summed E-state index contributed by atoms with van der Waals surface area (Å²) in [6.45, 7) is 2.48. The van der Waals surface area contributed by atoms with Crippen molar-refractivity contribution in [3.63, 3.8) is 0 Å². The molecule has 2 aromatic rings. The van der Waals surface area contributed by atoms with Crippen molar-refractivity contribution in [3.8, 4) is 0 Å². The third-order valence-electron chi connectivity index (χ3n) is 5.86. The number of carbonyl (C=O) groups is 3. The summed E-state index contributed by atoms with van der Waals surface area (Å²) < 4.78 is 6.05. The summed E-state index contributed by atoms with van der Waals surface area (Å²) >= 11 is 0. The minimum atomic E-state index is -1.12. The number of hydrogen-bond donors (Lipinski definition) is 3. The van der Waals surface area contributed by atoms with Gasteiger partial charge < -0.3 is 25.0 Å². The summed E-state index contributed by atoms with van der Waals surface area (Å²) in [7, 11) is 0. The Balaban J connectivity index is 1.68. The molecule has 1 fully saturated rings. The second-order valence-corrected chi connectivity index (χ2v) is 7.99. The zero-order valence-corrected chi connectivity index (χ0v) is 18.2. The topological polar surface area (TPSA) is 125 Å². The van der Waals surface area contributed by atoms with Crippen molar-refractivity contribution in [1.29, 1.82) is 0 Å². The van der Waals surface area contributed by atoms with Gasteiger partial charge in [0.05, 0.1) is 25.4 Å². The monoisotopic (exact) mass is 442 g/mol. The molecular weight excluding hydrogens is 412 g/mol. The van der Waals surface area contributed by atoms with Crippen LogP contribution >= 0.6 is 0 Å². The Morgan fingerprint density at radius 1 is 1.31 bits per heavy atom. The van der Waals surface area contributed by atoms with Crippen LogP contribution in [0, 0.1) is 5.92 Å². The molecule has 2 amide bonds. The lowest BCUT2D eigenvalue weighted by molar-refractivity contribution is -0.142. The fourth-order valence-corrected chi connectivity index (χ4v) is 4.12. The highest BCUT2D eigenvalue weighted by molar-refractivity contribution is 5.84. The first kappa shape index (κ1) is 23.5. The van der Waals surface area contributed by atoms with Gasteiger partial charge in [-0.2, -0.15) is 0 Å². The van der Waals surface area contributed by atoms with Gasteiger partial charge in [-0.05, 0) is 17.9 Å². The Labute approximate surface area is 187 Å². The Kier molecular flexibility index (Phi) is 8.38. The van der Waals surface area contributed by atoms with Gasteiger partial charge in [0.1, 0.15) is 12.6 Å². The lowest BCUT2D eigenvalue weighted by Gasteiger charge is -2.29. The van der Waals surface area contributed by atoms with E-state index in [2.05, 4.69) is 22.2 Å². The summed E-state index contributed by atoms with van der Waals surface area (Å²) in [5.41, 5.74) is 1.67. The van der Waals surface area contributed by atoms with Gasteiger partial charge in [0, 0.05) is 24.9 Å². The number of carboxylic acid groups (broad SMARTS) is 1. The predicted octanol–water partition coefficient (Wildman–Crippen LogP) is 1.41. The Bertz CT molecular complexity index is 887. The number of rotatable bonds is 11. The van der Waals surface area contributed by atoms with E-state index in [4.69, 9.17) is 9.84 Å². The minimum absolute atomic E-state index is 0.00580. The molecule has 0 aliphatic carbocycles. The summed E-state index contributed by atoms with van der Waals surface area (Å²) in [6.07, 6.45) is 4.67. The van der Waals surface area contributed by atoms with Gasteiger partial charge in [0.25, 0.3) is 0 Å². The molecule has 172 valence electrons. The van der Waals surface area contributed by atoms with Crippen molar-refractivity contribution in [1.82, 2.24) is 20.2 Å². The van der Waals surface area contributed by atoms with Crippen molar-refractivity contribution in [2.75, 3.05) is 19.7 Å². The lowest BCUT2D eigenvalue weighted by Crippen LogP contribution is -2.45. The first-order valence-corrected chi connectivity index (χ1v) is 10.9. The van der Waals surface area contributed by atoms with Crippen molar-refractivity contribution >= 4 is 17.8 Å². The van der Waals surface area contributed by atoms with E-state index in [9.17, 15) is 14.4 Å². The fourth-order valence-electron chi connectivity index (χ4n) is 4.12. The summed E-state index contributed by atoms with van der Waals surface area (Å²) in [6, 6.07) is 9.29. The number of benzene rings is 1. The van der Waals surface area contributed by atoms with Gasteiger partial charge in [-0.3, -0.25) is 14.4 Å².